The molecule has 1 aromatic heterocycles. The molecule has 0 atom stereocenters. The van der Waals surface area contributed by atoms with Crippen LogP contribution in [0.15, 0.2) is 152 Å². The molecular weight excluding hydrogens is 850 g/mol. The van der Waals surface area contributed by atoms with Crippen LogP contribution in [-0.2, 0) is 39.2 Å². The first-order valence-electron chi connectivity index (χ1n) is 21.7. The van der Waals surface area contributed by atoms with Crippen molar-refractivity contribution in [1.82, 2.24) is 14.4 Å². The van der Waals surface area contributed by atoms with E-state index in [9.17, 15) is 10.2 Å². The molecule has 0 aliphatic heterocycles. The quantitative estimate of drug-likeness (QED) is 0.127. The first-order valence-corrected chi connectivity index (χ1v) is 21.7. The summed E-state index contributed by atoms with van der Waals surface area (Å²) in [6.07, 6.45) is 0.698. The second-order valence-electron chi connectivity index (χ2n) is 17.0. The molecule has 0 amide bonds. The zero-order valence-corrected chi connectivity index (χ0v) is 40.7. The average molecular weight is 913 g/mol. The van der Waals surface area contributed by atoms with Gasteiger partial charge in [0, 0.05) is 48.1 Å². The number of phenolic OH excluding ortho intramolecular Hbond substituents is 2. The molecule has 1 heterocycles. The van der Waals surface area contributed by atoms with Crippen LogP contribution in [0.5, 0.6) is 11.5 Å². The predicted octanol–water partition coefficient (Wildman–Crippen LogP) is 13.3. The Bertz CT molecular complexity index is 2610. The first kappa shape index (κ1) is 48.5. The van der Waals surface area contributed by atoms with E-state index in [4.69, 9.17) is 0 Å². The van der Waals surface area contributed by atoms with Crippen molar-refractivity contribution in [2.24, 2.45) is 0 Å². The Kier molecular flexibility index (Phi) is 17.5. The molecule has 7 aromatic carbocycles. The number of fused-ring (bicyclic) bond motifs is 3. The molecule has 0 fully saturated rings. The summed E-state index contributed by atoms with van der Waals surface area (Å²) in [5.41, 5.74) is 13.7. The molecule has 8 aromatic rings. The molecule has 0 saturated heterocycles. The van der Waals surface area contributed by atoms with Crippen LogP contribution in [0.4, 0.5) is 0 Å². The molecule has 0 spiro atoms. The number of likely N-dealkylation sites (N-methyl/N-ethyl adjacent to an activating group) is 1. The maximum absolute atomic E-state index is 12.0. The molecule has 63 heavy (non-hydrogen) atoms. The Labute approximate surface area is 395 Å². The van der Waals surface area contributed by atoms with Crippen LogP contribution in [0.25, 0.3) is 38.6 Å². The SMILES string of the molecule is Cc1cc(CCN(CCN(C)C)Cc2cc(C)cc(-n3c4ccccc4c4ccccc43)c2O)c(O)c(-c2c(C)cccc2C(C)C)c1.[CH2-]c1ccccc1.[CH2-]c1ccccc1.[Zr+4]. The second kappa shape index (κ2) is 22.7. The van der Waals surface area contributed by atoms with Crippen molar-refractivity contribution in [2.75, 3.05) is 33.7 Å². The van der Waals surface area contributed by atoms with Gasteiger partial charge in [0.25, 0.3) is 0 Å². The fourth-order valence-electron chi connectivity index (χ4n) is 8.17. The van der Waals surface area contributed by atoms with Crippen LogP contribution in [0, 0.1) is 34.6 Å². The number of hydrogen-bond donors (Lipinski definition) is 2. The van der Waals surface area contributed by atoms with E-state index in [-0.39, 0.29) is 26.2 Å². The zero-order chi connectivity index (χ0) is 44.3. The first-order chi connectivity index (χ1) is 29.8. The van der Waals surface area contributed by atoms with Crippen LogP contribution in [0.2, 0.25) is 0 Å². The molecule has 8 rings (SSSR count). The molecule has 5 nitrogen and oxygen atoms in total. The Balaban J connectivity index is 0.000000422. The number of nitrogens with zero attached hydrogens (tertiary/aromatic N) is 3. The van der Waals surface area contributed by atoms with Crippen molar-refractivity contribution in [3.8, 4) is 28.3 Å². The summed E-state index contributed by atoms with van der Waals surface area (Å²) in [5.74, 6) is 1.03. The Hall–Kier alpha value is -5.52. The summed E-state index contributed by atoms with van der Waals surface area (Å²) < 4.78 is 2.20. The maximum Gasteiger partial charge on any atom is 4.00 e. The largest absolute Gasteiger partial charge is 4.00 e. The van der Waals surface area contributed by atoms with Crippen LogP contribution in [0.1, 0.15) is 64.3 Å². The topological polar surface area (TPSA) is 51.9 Å². The Morgan fingerprint density at radius 3 is 1.62 bits per heavy atom. The van der Waals surface area contributed by atoms with E-state index in [0.717, 1.165) is 80.9 Å². The third-order valence-electron chi connectivity index (χ3n) is 11.3. The van der Waals surface area contributed by atoms with Crippen molar-refractivity contribution in [3.05, 3.63) is 210 Å². The van der Waals surface area contributed by atoms with Gasteiger partial charge in [-0.25, -0.2) is 0 Å². The minimum atomic E-state index is 0. The van der Waals surface area contributed by atoms with Gasteiger partial charge in [0.05, 0.1) is 16.7 Å². The molecule has 0 unspecified atom stereocenters. The van der Waals surface area contributed by atoms with E-state index in [1.54, 1.807) is 0 Å². The minimum Gasteiger partial charge on any atom is -0.507 e. The van der Waals surface area contributed by atoms with Crippen molar-refractivity contribution in [2.45, 2.75) is 53.5 Å². The average Bonchev–Trinajstić information content (AvgIpc) is 3.59. The van der Waals surface area contributed by atoms with Crippen LogP contribution in [0.3, 0.4) is 0 Å². The van der Waals surface area contributed by atoms with Gasteiger partial charge in [-0.2, -0.15) is 49.2 Å². The summed E-state index contributed by atoms with van der Waals surface area (Å²) in [4.78, 5) is 4.60. The molecular formula is C57H63N3O2Zr+2. The molecule has 6 heteroatoms. The number of hydrogen-bond acceptors (Lipinski definition) is 4. The van der Waals surface area contributed by atoms with Crippen molar-refractivity contribution < 1.29 is 36.4 Å². The number of para-hydroxylation sites is 2. The monoisotopic (exact) mass is 911 g/mol. The van der Waals surface area contributed by atoms with Gasteiger partial charge in [-0.05, 0) is 105 Å². The van der Waals surface area contributed by atoms with E-state index >= 15 is 0 Å². The van der Waals surface area contributed by atoms with Gasteiger partial charge in [0.2, 0.25) is 0 Å². The minimum absolute atomic E-state index is 0. The van der Waals surface area contributed by atoms with E-state index in [0.29, 0.717) is 30.4 Å². The normalized spacial score (nSPS) is 11.0. The van der Waals surface area contributed by atoms with Gasteiger partial charge in [-0.1, -0.05) is 92.7 Å². The van der Waals surface area contributed by atoms with Gasteiger partial charge in [0.1, 0.15) is 11.5 Å². The zero-order valence-electron chi connectivity index (χ0n) is 38.2. The summed E-state index contributed by atoms with van der Waals surface area (Å²) >= 11 is 0. The fraction of sp³-hybridized carbons (Fsp3) is 0.228. The number of benzene rings is 7. The van der Waals surface area contributed by atoms with Crippen LogP contribution in [-0.4, -0.2) is 58.3 Å². The van der Waals surface area contributed by atoms with Crippen molar-refractivity contribution in [3.63, 3.8) is 0 Å². The number of rotatable bonds is 11. The maximum atomic E-state index is 12.0. The standard InChI is InChI=1S/C43H49N3O2.2C7H7.Zr/c1-28(2)34-16-12-13-31(5)41(34)37-25-29(3)23-32(42(37)47)19-20-45(22-21-44(6)7)27-33-24-30(4)26-40(43(33)48)46-38-17-10-8-14-35(38)36-15-9-11-18-39(36)46;2*1-7-5-3-2-4-6-7;/h8-18,23-26,28,47-48H,19-22,27H2,1-7H3;2*2-6H,1H2;/q;2*-1;+4. The molecule has 320 valence electrons. The van der Waals surface area contributed by atoms with Gasteiger partial charge >= 0.3 is 26.2 Å². The fourth-order valence-corrected chi connectivity index (χ4v) is 8.17. The number of aromatic nitrogens is 1. The molecule has 0 aliphatic carbocycles. The van der Waals surface area contributed by atoms with Gasteiger partial charge in [-0.15, -0.1) is 24.3 Å². The third kappa shape index (κ3) is 12.4. The molecule has 0 bridgehead atoms. The Morgan fingerprint density at radius 2 is 1.10 bits per heavy atom. The molecule has 2 N–H and O–H groups in total. The molecule has 0 aliphatic rings. The summed E-state index contributed by atoms with van der Waals surface area (Å²) in [7, 11) is 4.19. The second-order valence-corrected chi connectivity index (χ2v) is 17.0. The van der Waals surface area contributed by atoms with Gasteiger partial charge < -0.3 is 19.7 Å². The smallest absolute Gasteiger partial charge is 0.507 e. The Morgan fingerprint density at radius 1 is 0.571 bits per heavy atom. The van der Waals surface area contributed by atoms with Gasteiger partial charge in [-0.3, -0.25) is 4.90 Å². The predicted molar refractivity (Wildman–Crippen MR) is 264 cm³/mol. The summed E-state index contributed by atoms with van der Waals surface area (Å²) in [6, 6.07) is 51.4. The number of phenols is 2. The summed E-state index contributed by atoms with van der Waals surface area (Å²) in [5, 5.41) is 26.0. The van der Waals surface area contributed by atoms with Crippen LogP contribution >= 0.6 is 0 Å². The van der Waals surface area contributed by atoms with Gasteiger partial charge in [0.15, 0.2) is 0 Å². The number of aromatic hydroxyl groups is 2. The van der Waals surface area contributed by atoms with Crippen LogP contribution < -0.4 is 0 Å². The van der Waals surface area contributed by atoms with E-state index in [1.807, 2.05) is 60.7 Å². The van der Waals surface area contributed by atoms with E-state index in [2.05, 4.69) is 168 Å². The van der Waals surface area contributed by atoms with E-state index < -0.39 is 0 Å². The summed E-state index contributed by atoms with van der Waals surface area (Å²) in [6.45, 7) is 21.3. The van der Waals surface area contributed by atoms with Crippen molar-refractivity contribution in [1.29, 1.82) is 0 Å². The molecule has 0 radical (unpaired) electrons. The molecule has 0 saturated carbocycles. The third-order valence-corrected chi connectivity index (χ3v) is 11.3. The van der Waals surface area contributed by atoms with Crippen molar-refractivity contribution >= 4 is 21.8 Å². The number of aryl methyl sites for hydroxylation is 3. The van der Waals surface area contributed by atoms with E-state index in [1.165, 1.54) is 21.9 Å².